The van der Waals surface area contributed by atoms with Crippen LogP contribution in [0.3, 0.4) is 0 Å². The lowest BCUT2D eigenvalue weighted by Crippen LogP contribution is -1.97. The number of rotatable bonds is 2. The molecule has 0 saturated heterocycles. The third-order valence-corrected chi connectivity index (χ3v) is 5.44. The van der Waals surface area contributed by atoms with Crippen LogP contribution in [0.4, 0.5) is 0 Å². The Morgan fingerprint density at radius 2 is 2.00 bits per heavy atom. The zero-order valence-electron chi connectivity index (χ0n) is 13.1. The van der Waals surface area contributed by atoms with E-state index in [1.54, 1.807) is 0 Å². The molecule has 0 radical (unpaired) electrons. The maximum Gasteiger partial charge on any atom is 0.0702 e. The van der Waals surface area contributed by atoms with E-state index in [1.807, 2.05) is 23.6 Å². The second-order valence-electron chi connectivity index (χ2n) is 5.70. The number of fused-ring (bicyclic) bond motifs is 2. The van der Waals surface area contributed by atoms with Crippen molar-refractivity contribution in [3.63, 3.8) is 0 Å². The fourth-order valence-corrected chi connectivity index (χ4v) is 4.34. The van der Waals surface area contributed by atoms with Gasteiger partial charge < -0.3 is 4.57 Å². The number of benzene rings is 1. The topological polar surface area (TPSA) is 17.8 Å². The molecule has 0 atom stereocenters. The van der Waals surface area contributed by atoms with E-state index in [1.165, 1.54) is 37.3 Å². The Morgan fingerprint density at radius 3 is 2.82 bits per heavy atom. The summed E-state index contributed by atoms with van der Waals surface area (Å²) in [6, 6.07) is 13.0. The van der Waals surface area contributed by atoms with Crippen molar-refractivity contribution in [2.24, 2.45) is 0 Å². The van der Waals surface area contributed by atoms with Gasteiger partial charge in [-0.2, -0.15) is 0 Å². The first-order valence-corrected chi connectivity index (χ1v) is 8.45. The van der Waals surface area contributed by atoms with Gasteiger partial charge in [0, 0.05) is 23.0 Å². The van der Waals surface area contributed by atoms with Gasteiger partial charge in [0.05, 0.1) is 21.4 Å². The summed E-state index contributed by atoms with van der Waals surface area (Å²) in [5.41, 5.74) is 6.42. The molecule has 4 rings (SSSR count). The zero-order valence-corrected chi connectivity index (χ0v) is 13.9. The lowest BCUT2D eigenvalue weighted by Gasteiger charge is -2.10. The number of pyridine rings is 1. The van der Waals surface area contributed by atoms with Gasteiger partial charge in [-0.05, 0) is 56.2 Å². The standard InChI is InChI=1S/C19H18N2S/c1-4-21-17-10-12(2)22-19(17)13(3)18(21)15-7-8-16-14(11-15)6-5-9-20-16/h5-11H,4H2,1-3H3. The molecule has 0 bridgehead atoms. The van der Waals surface area contributed by atoms with E-state index in [-0.39, 0.29) is 0 Å². The summed E-state index contributed by atoms with van der Waals surface area (Å²) in [7, 11) is 0. The largest absolute Gasteiger partial charge is 0.340 e. The van der Waals surface area contributed by atoms with Crippen LogP contribution in [0.2, 0.25) is 0 Å². The molecule has 22 heavy (non-hydrogen) atoms. The van der Waals surface area contributed by atoms with E-state index in [0.717, 1.165) is 12.1 Å². The smallest absolute Gasteiger partial charge is 0.0702 e. The van der Waals surface area contributed by atoms with Crippen LogP contribution in [0.1, 0.15) is 17.4 Å². The summed E-state index contributed by atoms with van der Waals surface area (Å²) >= 11 is 1.89. The molecule has 0 amide bonds. The van der Waals surface area contributed by atoms with Crippen molar-refractivity contribution in [3.05, 3.63) is 53.0 Å². The van der Waals surface area contributed by atoms with Gasteiger partial charge in [0.25, 0.3) is 0 Å². The molecule has 3 heterocycles. The van der Waals surface area contributed by atoms with Crippen molar-refractivity contribution in [2.75, 3.05) is 0 Å². The quantitative estimate of drug-likeness (QED) is 0.474. The normalized spacial score (nSPS) is 11.6. The van der Waals surface area contributed by atoms with E-state index in [0.29, 0.717) is 0 Å². The first-order valence-electron chi connectivity index (χ1n) is 7.63. The van der Waals surface area contributed by atoms with Crippen molar-refractivity contribution < 1.29 is 0 Å². The van der Waals surface area contributed by atoms with E-state index in [2.05, 4.69) is 60.7 Å². The molecule has 0 aliphatic heterocycles. The first kappa shape index (κ1) is 13.5. The molecule has 0 unspecified atom stereocenters. The summed E-state index contributed by atoms with van der Waals surface area (Å²) in [6.45, 7) is 7.64. The molecule has 0 saturated carbocycles. The van der Waals surface area contributed by atoms with Gasteiger partial charge in [0.15, 0.2) is 0 Å². The predicted molar refractivity (Wildman–Crippen MR) is 95.7 cm³/mol. The van der Waals surface area contributed by atoms with Gasteiger partial charge in [-0.3, -0.25) is 4.98 Å². The molecular formula is C19H18N2S. The van der Waals surface area contributed by atoms with E-state index in [9.17, 15) is 0 Å². The van der Waals surface area contributed by atoms with Gasteiger partial charge >= 0.3 is 0 Å². The van der Waals surface area contributed by atoms with Gasteiger partial charge in [-0.1, -0.05) is 12.1 Å². The SMILES string of the molecule is CCn1c(-c2ccc3ncccc3c2)c(C)c2sc(C)cc21. The molecule has 0 aliphatic rings. The highest BCUT2D eigenvalue weighted by Crippen LogP contribution is 2.38. The lowest BCUT2D eigenvalue weighted by molar-refractivity contribution is 0.803. The second kappa shape index (κ2) is 4.96. The lowest BCUT2D eigenvalue weighted by atomic mass is 10.1. The van der Waals surface area contributed by atoms with Crippen LogP contribution in [-0.2, 0) is 6.54 Å². The Bertz CT molecular complexity index is 991. The van der Waals surface area contributed by atoms with Crippen LogP contribution in [0, 0.1) is 13.8 Å². The molecule has 4 aromatic rings. The Morgan fingerprint density at radius 1 is 1.14 bits per heavy atom. The van der Waals surface area contributed by atoms with E-state index >= 15 is 0 Å². The summed E-state index contributed by atoms with van der Waals surface area (Å²) in [5.74, 6) is 0. The predicted octanol–water partition coefficient (Wildman–Crippen LogP) is 5.55. The van der Waals surface area contributed by atoms with Crippen molar-refractivity contribution >= 4 is 32.5 Å². The highest BCUT2D eigenvalue weighted by molar-refractivity contribution is 7.19. The van der Waals surface area contributed by atoms with Gasteiger partial charge in [-0.25, -0.2) is 0 Å². The molecule has 3 aromatic heterocycles. The highest BCUT2D eigenvalue weighted by Gasteiger charge is 2.17. The molecule has 110 valence electrons. The zero-order chi connectivity index (χ0) is 15.3. The van der Waals surface area contributed by atoms with Crippen LogP contribution in [0.5, 0.6) is 0 Å². The molecular weight excluding hydrogens is 288 g/mol. The Labute approximate surface area is 134 Å². The monoisotopic (exact) mass is 306 g/mol. The van der Waals surface area contributed by atoms with Crippen LogP contribution in [0.25, 0.3) is 32.4 Å². The fourth-order valence-electron chi connectivity index (χ4n) is 3.32. The van der Waals surface area contributed by atoms with Crippen LogP contribution in [0.15, 0.2) is 42.6 Å². The van der Waals surface area contributed by atoms with E-state index < -0.39 is 0 Å². The molecule has 3 heteroatoms. The minimum absolute atomic E-state index is 0.987. The summed E-state index contributed by atoms with van der Waals surface area (Å²) < 4.78 is 3.85. The Hall–Kier alpha value is -2.13. The number of thiophene rings is 1. The third-order valence-electron chi connectivity index (χ3n) is 4.28. The average Bonchev–Trinajstić information content (AvgIpc) is 3.03. The maximum absolute atomic E-state index is 4.42. The van der Waals surface area contributed by atoms with Crippen LogP contribution in [-0.4, -0.2) is 9.55 Å². The summed E-state index contributed by atoms with van der Waals surface area (Å²) in [5, 5.41) is 1.20. The van der Waals surface area contributed by atoms with Crippen molar-refractivity contribution in [3.8, 4) is 11.3 Å². The number of hydrogen-bond acceptors (Lipinski definition) is 2. The number of aromatic nitrogens is 2. The van der Waals surface area contributed by atoms with Crippen molar-refractivity contribution in [1.82, 2.24) is 9.55 Å². The first-order chi connectivity index (χ1) is 10.7. The van der Waals surface area contributed by atoms with Gasteiger partial charge in [0.1, 0.15) is 0 Å². The fraction of sp³-hybridized carbons (Fsp3) is 0.211. The molecule has 0 fully saturated rings. The molecule has 0 spiro atoms. The number of hydrogen-bond donors (Lipinski definition) is 0. The summed E-state index contributed by atoms with van der Waals surface area (Å²) in [6.07, 6.45) is 1.85. The molecule has 1 aromatic carbocycles. The second-order valence-corrected chi connectivity index (χ2v) is 6.96. The number of nitrogens with zero attached hydrogens (tertiary/aromatic N) is 2. The Balaban J connectivity index is 2.02. The van der Waals surface area contributed by atoms with Crippen molar-refractivity contribution in [1.29, 1.82) is 0 Å². The minimum atomic E-state index is 0.987. The number of aryl methyl sites for hydroxylation is 3. The molecule has 0 N–H and O–H groups in total. The molecule has 0 aliphatic carbocycles. The van der Waals surface area contributed by atoms with E-state index in [4.69, 9.17) is 0 Å². The summed E-state index contributed by atoms with van der Waals surface area (Å²) in [4.78, 5) is 5.80. The average molecular weight is 306 g/mol. The van der Waals surface area contributed by atoms with Crippen LogP contribution < -0.4 is 0 Å². The third kappa shape index (κ3) is 1.89. The van der Waals surface area contributed by atoms with Gasteiger partial charge in [-0.15, -0.1) is 11.3 Å². The maximum atomic E-state index is 4.42. The van der Waals surface area contributed by atoms with Gasteiger partial charge in [0.2, 0.25) is 0 Å². The molecule has 2 nitrogen and oxygen atoms in total. The minimum Gasteiger partial charge on any atom is -0.340 e. The Kier molecular flexibility index (Phi) is 3.05. The highest BCUT2D eigenvalue weighted by atomic mass is 32.1. The van der Waals surface area contributed by atoms with Crippen molar-refractivity contribution in [2.45, 2.75) is 27.3 Å². The van der Waals surface area contributed by atoms with Crippen LogP contribution >= 0.6 is 11.3 Å².